The normalized spacial score (nSPS) is 16.3. The van der Waals surface area contributed by atoms with Gasteiger partial charge in [-0.3, -0.25) is 4.98 Å². The summed E-state index contributed by atoms with van der Waals surface area (Å²) >= 11 is 6.20. The maximum Gasteiger partial charge on any atom is 0.103 e. The van der Waals surface area contributed by atoms with E-state index in [4.69, 9.17) is 11.6 Å². The highest BCUT2D eigenvalue weighted by atomic mass is 35.5. The molecule has 5 heteroatoms. The van der Waals surface area contributed by atoms with Crippen molar-refractivity contribution in [3.8, 4) is 6.07 Å². The fraction of sp³-hybridized carbons (Fsp3) is 0.273. The second-order valence-corrected chi connectivity index (χ2v) is 7.41. The highest BCUT2D eigenvalue weighted by molar-refractivity contribution is 6.31. The Morgan fingerprint density at radius 1 is 1.15 bits per heavy atom. The Morgan fingerprint density at radius 3 is 2.59 bits per heavy atom. The number of nitriles is 1. The zero-order chi connectivity index (χ0) is 18.8. The molecule has 2 aromatic carbocycles. The van der Waals surface area contributed by atoms with Crippen LogP contribution in [0.2, 0.25) is 5.02 Å². The third kappa shape index (κ3) is 3.49. The number of benzene rings is 2. The summed E-state index contributed by atoms with van der Waals surface area (Å²) in [7, 11) is 0. The molecule has 0 aliphatic carbocycles. The Balaban J connectivity index is 1.60. The number of piperidine rings is 1. The molecule has 1 aliphatic rings. The van der Waals surface area contributed by atoms with Gasteiger partial charge in [0.2, 0.25) is 0 Å². The second-order valence-electron chi connectivity index (χ2n) is 6.97. The summed E-state index contributed by atoms with van der Waals surface area (Å²) in [6.45, 7) is 1.57. The average Bonchev–Trinajstić information content (AvgIpc) is 2.73. The average molecular weight is 378 g/mol. The van der Waals surface area contributed by atoms with Gasteiger partial charge in [-0.1, -0.05) is 41.9 Å². The predicted octanol–water partition coefficient (Wildman–Crippen LogP) is 4.71. The first-order valence-corrected chi connectivity index (χ1v) is 9.51. The van der Waals surface area contributed by atoms with Crippen LogP contribution in [-0.4, -0.2) is 23.2 Å². The van der Waals surface area contributed by atoms with Crippen molar-refractivity contribution >= 4 is 28.2 Å². The highest BCUT2D eigenvalue weighted by Crippen LogP contribution is 2.36. The summed E-state index contributed by atoms with van der Waals surface area (Å²) in [5.74, 6) is 0.214. The van der Waals surface area contributed by atoms with Crippen LogP contribution in [0.15, 0.2) is 54.7 Å². The Hall–Kier alpha value is -2.61. The van der Waals surface area contributed by atoms with Crippen molar-refractivity contribution in [3.05, 3.63) is 70.9 Å². The summed E-state index contributed by atoms with van der Waals surface area (Å²) in [6.07, 6.45) is 2.92. The van der Waals surface area contributed by atoms with Gasteiger partial charge in [-0.15, -0.1) is 0 Å². The second kappa shape index (κ2) is 7.56. The van der Waals surface area contributed by atoms with Crippen LogP contribution >= 0.6 is 11.6 Å². The molecule has 136 valence electrons. The van der Waals surface area contributed by atoms with Crippen LogP contribution in [-0.2, 0) is 0 Å². The lowest BCUT2D eigenvalue weighted by molar-refractivity contribution is 0.0930. The van der Waals surface area contributed by atoms with Gasteiger partial charge in [-0.25, -0.2) is 0 Å². The molecule has 0 amide bonds. The molecule has 1 saturated heterocycles. The number of pyridine rings is 1. The number of hydrogen-bond donors (Lipinski definition) is 1. The number of anilines is 1. The van der Waals surface area contributed by atoms with Gasteiger partial charge < -0.3 is 10.0 Å². The summed E-state index contributed by atoms with van der Waals surface area (Å²) in [5.41, 5.74) is 3.26. The maximum atomic E-state index is 10.7. The van der Waals surface area contributed by atoms with E-state index >= 15 is 0 Å². The summed E-state index contributed by atoms with van der Waals surface area (Å²) in [5, 5.41) is 21.8. The number of halogens is 1. The van der Waals surface area contributed by atoms with Crippen LogP contribution in [0, 0.1) is 17.2 Å². The molecule has 1 aliphatic heterocycles. The Kier molecular flexibility index (Phi) is 4.98. The predicted molar refractivity (Wildman–Crippen MR) is 108 cm³/mol. The van der Waals surface area contributed by atoms with Crippen LogP contribution in [0.5, 0.6) is 0 Å². The molecule has 4 rings (SSSR count). The number of aromatic nitrogens is 1. The molecule has 0 saturated carbocycles. The van der Waals surface area contributed by atoms with Crippen LogP contribution < -0.4 is 4.90 Å². The van der Waals surface area contributed by atoms with Crippen molar-refractivity contribution in [1.82, 2.24) is 4.98 Å². The highest BCUT2D eigenvalue weighted by Gasteiger charge is 2.28. The van der Waals surface area contributed by atoms with Gasteiger partial charge in [0.05, 0.1) is 22.9 Å². The van der Waals surface area contributed by atoms with Crippen molar-refractivity contribution in [2.45, 2.75) is 18.9 Å². The first-order chi connectivity index (χ1) is 13.2. The molecular weight excluding hydrogens is 358 g/mol. The van der Waals surface area contributed by atoms with E-state index in [1.165, 1.54) is 0 Å². The van der Waals surface area contributed by atoms with Gasteiger partial charge in [0.15, 0.2) is 0 Å². The van der Waals surface area contributed by atoms with E-state index in [1.807, 2.05) is 48.5 Å². The fourth-order valence-corrected chi connectivity index (χ4v) is 4.11. The zero-order valence-corrected chi connectivity index (χ0v) is 15.6. The SMILES string of the molecule is N#Cc1cnc2ccc(Cl)cc2c1N1CCC(C(O)c2ccccc2)CC1. The van der Waals surface area contributed by atoms with Gasteiger partial charge in [-0.05, 0) is 42.5 Å². The van der Waals surface area contributed by atoms with Gasteiger partial charge in [0, 0.05) is 29.7 Å². The molecule has 0 spiro atoms. The largest absolute Gasteiger partial charge is 0.388 e. The van der Waals surface area contributed by atoms with Crippen molar-refractivity contribution < 1.29 is 5.11 Å². The lowest BCUT2D eigenvalue weighted by Gasteiger charge is -2.36. The molecule has 27 heavy (non-hydrogen) atoms. The number of hydrogen-bond acceptors (Lipinski definition) is 4. The minimum atomic E-state index is -0.451. The third-order valence-electron chi connectivity index (χ3n) is 5.37. The van der Waals surface area contributed by atoms with Gasteiger partial charge >= 0.3 is 0 Å². The minimum absolute atomic E-state index is 0.214. The van der Waals surface area contributed by atoms with E-state index in [0.717, 1.165) is 48.1 Å². The molecule has 4 nitrogen and oxygen atoms in total. The Labute approximate surface area is 163 Å². The Morgan fingerprint density at radius 2 is 1.89 bits per heavy atom. The van der Waals surface area contributed by atoms with Crippen LogP contribution in [0.25, 0.3) is 10.9 Å². The lowest BCUT2D eigenvalue weighted by Crippen LogP contribution is -2.36. The van der Waals surface area contributed by atoms with Gasteiger partial charge in [0.25, 0.3) is 0 Å². The summed E-state index contributed by atoms with van der Waals surface area (Å²) in [4.78, 5) is 6.61. The lowest BCUT2D eigenvalue weighted by atomic mass is 9.87. The molecule has 1 aromatic heterocycles. The van der Waals surface area contributed by atoms with Crippen molar-refractivity contribution in [3.63, 3.8) is 0 Å². The maximum absolute atomic E-state index is 10.7. The molecule has 1 atom stereocenters. The topological polar surface area (TPSA) is 60.2 Å². The molecule has 0 bridgehead atoms. The van der Waals surface area contributed by atoms with E-state index in [1.54, 1.807) is 6.20 Å². The molecule has 0 radical (unpaired) electrons. The minimum Gasteiger partial charge on any atom is -0.388 e. The first-order valence-electron chi connectivity index (χ1n) is 9.13. The standard InChI is InChI=1S/C22H20ClN3O/c23-18-6-7-20-19(12-18)21(17(13-24)14-25-20)26-10-8-16(9-11-26)22(27)15-4-2-1-3-5-15/h1-7,12,14,16,22,27H,8-11H2. The Bertz CT molecular complexity index is 992. The number of nitrogens with zero attached hydrogens (tertiary/aromatic N) is 3. The van der Waals surface area contributed by atoms with Crippen molar-refractivity contribution in [1.29, 1.82) is 5.26 Å². The molecule has 3 aromatic rings. The van der Waals surface area contributed by atoms with E-state index in [-0.39, 0.29) is 5.92 Å². The molecule has 2 heterocycles. The van der Waals surface area contributed by atoms with Crippen molar-refractivity contribution in [2.24, 2.45) is 5.92 Å². The number of rotatable bonds is 3. The molecule has 1 fully saturated rings. The van der Waals surface area contributed by atoms with Crippen LogP contribution in [0.1, 0.15) is 30.1 Å². The van der Waals surface area contributed by atoms with E-state index in [2.05, 4.69) is 16.0 Å². The van der Waals surface area contributed by atoms with Gasteiger partial charge in [-0.2, -0.15) is 5.26 Å². The van der Waals surface area contributed by atoms with E-state index in [0.29, 0.717) is 10.6 Å². The summed E-state index contributed by atoms with van der Waals surface area (Å²) in [6, 6.07) is 17.7. The quantitative estimate of drug-likeness (QED) is 0.718. The smallest absolute Gasteiger partial charge is 0.103 e. The number of fused-ring (bicyclic) bond motifs is 1. The van der Waals surface area contributed by atoms with E-state index in [9.17, 15) is 10.4 Å². The first kappa shape index (κ1) is 17.8. The van der Waals surface area contributed by atoms with Crippen LogP contribution in [0.3, 0.4) is 0 Å². The van der Waals surface area contributed by atoms with Crippen molar-refractivity contribution in [2.75, 3.05) is 18.0 Å². The van der Waals surface area contributed by atoms with Crippen LogP contribution in [0.4, 0.5) is 5.69 Å². The number of aliphatic hydroxyl groups is 1. The molecular formula is C22H20ClN3O. The fourth-order valence-electron chi connectivity index (χ4n) is 3.93. The molecule has 1 unspecified atom stereocenters. The van der Waals surface area contributed by atoms with E-state index < -0.39 is 6.10 Å². The van der Waals surface area contributed by atoms with Gasteiger partial charge in [0.1, 0.15) is 6.07 Å². The monoisotopic (exact) mass is 377 g/mol. The number of aliphatic hydroxyl groups excluding tert-OH is 1. The summed E-state index contributed by atoms with van der Waals surface area (Å²) < 4.78 is 0. The molecule has 1 N–H and O–H groups in total. The third-order valence-corrected chi connectivity index (χ3v) is 5.60. The zero-order valence-electron chi connectivity index (χ0n) is 14.8.